The molecule has 0 fully saturated rings. The highest BCUT2D eigenvalue weighted by Crippen LogP contribution is 2.29. The third-order valence-corrected chi connectivity index (χ3v) is 3.33. The van der Waals surface area contributed by atoms with Crippen molar-refractivity contribution in [2.75, 3.05) is 0 Å². The van der Waals surface area contributed by atoms with Crippen molar-refractivity contribution in [3.8, 4) is 5.75 Å². The molecule has 0 bridgehead atoms. The molecule has 5 nitrogen and oxygen atoms in total. The molecule has 0 saturated carbocycles. The molecule has 0 unspecified atom stereocenters. The van der Waals surface area contributed by atoms with Crippen molar-refractivity contribution in [3.05, 3.63) is 68.8 Å². The molecule has 0 aliphatic carbocycles. The summed E-state index contributed by atoms with van der Waals surface area (Å²) < 4.78 is 5.59. The fourth-order valence-electron chi connectivity index (χ4n) is 2.10. The summed E-state index contributed by atoms with van der Waals surface area (Å²) >= 11 is 0. The van der Waals surface area contributed by atoms with Crippen molar-refractivity contribution in [1.29, 1.82) is 0 Å². The van der Waals surface area contributed by atoms with Crippen LogP contribution in [0.1, 0.15) is 27.0 Å². The van der Waals surface area contributed by atoms with Gasteiger partial charge in [0.2, 0.25) is 0 Å². The second-order valence-electron chi connectivity index (χ2n) is 4.76. The second-order valence-corrected chi connectivity index (χ2v) is 4.76. The zero-order valence-electron chi connectivity index (χ0n) is 11.8. The first-order chi connectivity index (χ1) is 10.0. The summed E-state index contributed by atoms with van der Waals surface area (Å²) in [4.78, 5) is 21.3. The van der Waals surface area contributed by atoms with Crippen molar-refractivity contribution < 1.29 is 14.5 Å². The Morgan fingerprint density at radius 3 is 2.43 bits per heavy atom. The molecule has 0 heterocycles. The number of aldehydes is 1. The van der Waals surface area contributed by atoms with Gasteiger partial charge in [-0.1, -0.05) is 18.2 Å². The number of aryl methyl sites for hydroxylation is 2. The molecule has 0 spiro atoms. The van der Waals surface area contributed by atoms with Gasteiger partial charge in [-0.15, -0.1) is 0 Å². The normalized spacial score (nSPS) is 10.2. The van der Waals surface area contributed by atoms with Crippen LogP contribution in [0.2, 0.25) is 0 Å². The van der Waals surface area contributed by atoms with E-state index in [4.69, 9.17) is 4.74 Å². The zero-order valence-corrected chi connectivity index (χ0v) is 11.8. The SMILES string of the molecule is Cc1cccc(C)c1COc1cc(C=O)ccc1[N+](=O)[O-]. The Kier molecular flexibility index (Phi) is 4.33. The highest BCUT2D eigenvalue weighted by molar-refractivity contribution is 5.76. The van der Waals surface area contributed by atoms with Gasteiger partial charge in [0.25, 0.3) is 0 Å². The predicted molar refractivity (Wildman–Crippen MR) is 78.7 cm³/mol. The fourth-order valence-corrected chi connectivity index (χ4v) is 2.10. The topological polar surface area (TPSA) is 69.4 Å². The molecule has 21 heavy (non-hydrogen) atoms. The summed E-state index contributed by atoms with van der Waals surface area (Å²) in [6, 6.07) is 9.94. The number of nitro groups is 1. The lowest BCUT2D eigenvalue weighted by atomic mass is 10.0. The van der Waals surface area contributed by atoms with Gasteiger partial charge < -0.3 is 4.74 Å². The van der Waals surface area contributed by atoms with Crippen molar-refractivity contribution in [1.82, 2.24) is 0 Å². The van der Waals surface area contributed by atoms with E-state index >= 15 is 0 Å². The number of nitrogens with zero attached hydrogens (tertiary/aromatic N) is 1. The van der Waals surface area contributed by atoms with Crippen LogP contribution in [0, 0.1) is 24.0 Å². The molecule has 108 valence electrons. The van der Waals surface area contributed by atoms with Crippen LogP contribution < -0.4 is 4.74 Å². The van der Waals surface area contributed by atoms with Crippen LogP contribution >= 0.6 is 0 Å². The molecular weight excluding hydrogens is 270 g/mol. The predicted octanol–water partition coefficient (Wildman–Crippen LogP) is 3.60. The molecule has 5 heteroatoms. The second kappa shape index (κ2) is 6.17. The Hall–Kier alpha value is -2.69. The van der Waals surface area contributed by atoms with Crippen LogP contribution in [-0.2, 0) is 6.61 Å². The Bertz CT molecular complexity index is 674. The van der Waals surface area contributed by atoms with Gasteiger partial charge in [-0.25, -0.2) is 0 Å². The number of nitro benzene ring substituents is 1. The van der Waals surface area contributed by atoms with Crippen LogP contribution in [0.5, 0.6) is 5.75 Å². The van der Waals surface area contributed by atoms with E-state index in [9.17, 15) is 14.9 Å². The first kappa shape index (κ1) is 14.7. The molecule has 2 aromatic rings. The maximum atomic E-state index is 11.0. The van der Waals surface area contributed by atoms with Gasteiger partial charge in [-0.3, -0.25) is 14.9 Å². The molecule has 0 aromatic heterocycles. The van der Waals surface area contributed by atoms with Gasteiger partial charge in [-0.05, 0) is 42.7 Å². The maximum Gasteiger partial charge on any atom is 0.310 e. The molecule has 2 aromatic carbocycles. The van der Waals surface area contributed by atoms with Crippen molar-refractivity contribution in [2.45, 2.75) is 20.5 Å². The molecule has 0 aliphatic rings. The molecule has 0 radical (unpaired) electrons. The number of rotatable bonds is 5. The van der Waals surface area contributed by atoms with Crippen molar-refractivity contribution in [2.24, 2.45) is 0 Å². The first-order valence-corrected chi connectivity index (χ1v) is 6.44. The summed E-state index contributed by atoms with van der Waals surface area (Å²) in [7, 11) is 0. The summed E-state index contributed by atoms with van der Waals surface area (Å²) in [6.45, 7) is 4.14. The van der Waals surface area contributed by atoms with Gasteiger partial charge in [-0.2, -0.15) is 0 Å². The van der Waals surface area contributed by atoms with Gasteiger partial charge in [0, 0.05) is 11.6 Å². The van der Waals surface area contributed by atoms with Crippen LogP contribution in [0.15, 0.2) is 36.4 Å². The average Bonchev–Trinajstić information content (AvgIpc) is 2.46. The minimum atomic E-state index is -0.519. The van der Waals surface area contributed by atoms with Crippen molar-refractivity contribution >= 4 is 12.0 Å². The summed E-state index contributed by atoms with van der Waals surface area (Å²) in [5.41, 5.74) is 3.31. The number of ether oxygens (including phenoxy) is 1. The van der Waals surface area contributed by atoms with Crippen LogP contribution in [0.3, 0.4) is 0 Å². The third-order valence-electron chi connectivity index (χ3n) is 3.33. The maximum absolute atomic E-state index is 11.0. The lowest BCUT2D eigenvalue weighted by Crippen LogP contribution is -2.03. The van der Waals surface area contributed by atoms with E-state index in [-0.39, 0.29) is 18.0 Å². The molecule has 0 atom stereocenters. The summed E-state index contributed by atoms with van der Waals surface area (Å²) in [6.07, 6.45) is 0.635. The van der Waals surface area contributed by atoms with Gasteiger partial charge in [0.05, 0.1) is 4.92 Å². The van der Waals surface area contributed by atoms with E-state index in [2.05, 4.69) is 0 Å². The summed E-state index contributed by atoms with van der Waals surface area (Å²) in [5.74, 6) is 0.104. The van der Waals surface area contributed by atoms with Crippen molar-refractivity contribution in [3.63, 3.8) is 0 Å². The molecular formula is C16H15NO4. The highest BCUT2D eigenvalue weighted by Gasteiger charge is 2.16. The quantitative estimate of drug-likeness (QED) is 0.478. The van der Waals surface area contributed by atoms with Gasteiger partial charge >= 0.3 is 5.69 Å². The zero-order chi connectivity index (χ0) is 15.4. The number of hydrogen-bond acceptors (Lipinski definition) is 4. The lowest BCUT2D eigenvalue weighted by molar-refractivity contribution is -0.385. The summed E-state index contributed by atoms with van der Waals surface area (Å²) in [5, 5.41) is 11.0. The molecule has 2 rings (SSSR count). The van der Waals surface area contributed by atoms with Gasteiger partial charge in [0.15, 0.2) is 5.75 Å². The Morgan fingerprint density at radius 2 is 1.86 bits per heavy atom. The standard InChI is InChI=1S/C16H15NO4/c1-11-4-3-5-12(2)14(11)10-21-16-8-13(9-18)6-7-15(16)17(19)20/h3-9H,10H2,1-2H3. The number of carbonyl (C=O) groups excluding carboxylic acids is 1. The van der Waals surface area contributed by atoms with E-state index in [0.29, 0.717) is 11.8 Å². The Balaban J connectivity index is 2.30. The van der Waals surface area contributed by atoms with E-state index in [1.807, 2.05) is 32.0 Å². The molecule has 0 amide bonds. The van der Waals surface area contributed by atoms with Gasteiger partial charge in [0.1, 0.15) is 12.9 Å². The molecule has 0 N–H and O–H groups in total. The van der Waals surface area contributed by atoms with Crippen LogP contribution in [-0.4, -0.2) is 11.2 Å². The molecule has 0 aliphatic heterocycles. The lowest BCUT2D eigenvalue weighted by Gasteiger charge is -2.11. The largest absolute Gasteiger partial charge is 0.482 e. The van der Waals surface area contributed by atoms with E-state index < -0.39 is 4.92 Å². The minimum absolute atomic E-state index is 0.104. The first-order valence-electron chi connectivity index (χ1n) is 6.44. The van der Waals surface area contributed by atoms with Crippen LogP contribution in [0.4, 0.5) is 5.69 Å². The number of hydrogen-bond donors (Lipinski definition) is 0. The number of carbonyl (C=O) groups is 1. The smallest absolute Gasteiger partial charge is 0.310 e. The van der Waals surface area contributed by atoms with E-state index in [1.54, 1.807) is 0 Å². The van der Waals surface area contributed by atoms with Crippen LogP contribution in [0.25, 0.3) is 0 Å². The highest BCUT2D eigenvalue weighted by atomic mass is 16.6. The average molecular weight is 285 g/mol. The fraction of sp³-hybridized carbons (Fsp3) is 0.188. The molecule has 0 saturated heterocycles. The Labute approximate surface area is 122 Å². The Morgan fingerprint density at radius 1 is 1.19 bits per heavy atom. The van der Waals surface area contributed by atoms with E-state index in [0.717, 1.165) is 16.7 Å². The number of benzene rings is 2. The monoisotopic (exact) mass is 285 g/mol. The van der Waals surface area contributed by atoms with E-state index in [1.165, 1.54) is 18.2 Å². The third kappa shape index (κ3) is 3.25. The minimum Gasteiger partial charge on any atom is -0.482 e.